The summed E-state index contributed by atoms with van der Waals surface area (Å²) in [5, 5.41) is 11.9. The molecule has 1 aromatic carbocycles. The fourth-order valence-electron chi connectivity index (χ4n) is 3.90. The van der Waals surface area contributed by atoms with Crippen LogP contribution < -0.4 is 14.8 Å². The monoisotopic (exact) mass is 498 g/mol. The Morgan fingerprint density at radius 1 is 1.19 bits per heavy atom. The van der Waals surface area contributed by atoms with Gasteiger partial charge in [-0.05, 0) is 83.2 Å². The van der Waals surface area contributed by atoms with Gasteiger partial charge < -0.3 is 24.8 Å². The number of ether oxygens (including phenoxy) is 2. The molecule has 0 aliphatic carbocycles. The molecule has 0 saturated carbocycles. The zero-order chi connectivity index (χ0) is 26.7. The number of amides is 2. The van der Waals surface area contributed by atoms with Crippen LogP contribution >= 0.6 is 0 Å². The third-order valence-corrected chi connectivity index (χ3v) is 5.93. The molecule has 2 amide bonds. The number of carbonyl (C=O) groups is 3. The fraction of sp³-hybridized carbons (Fsp3) is 0.464. The molecule has 0 spiro atoms. The molecule has 2 N–H and O–H groups in total. The minimum absolute atomic E-state index is 0.380. The topological polar surface area (TPSA) is 105 Å². The van der Waals surface area contributed by atoms with Gasteiger partial charge in [0.1, 0.15) is 18.7 Å². The molecule has 1 saturated heterocycles. The molecule has 0 radical (unpaired) electrons. The molecule has 8 nitrogen and oxygen atoms in total. The average molecular weight is 499 g/mol. The fourth-order valence-corrected chi connectivity index (χ4v) is 3.90. The van der Waals surface area contributed by atoms with E-state index in [1.807, 2.05) is 6.07 Å². The Labute approximate surface area is 213 Å². The summed E-state index contributed by atoms with van der Waals surface area (Å²) < 4.78 is 11.3. The van der Waals surface area contributed by atoms with E-state index >= 15 is 0 Å². The van der Waals surface area contributed by atoms with Gasteiger partial charge in [0.15, 0.2) is 11.5 Å². The predicted molar refractivity (Wildman–Crippen MR) is 140 cm³/mol. The smallest absolute Gasteiger partial charge is 0.326 e. The number of allylic oxidation sites excluding steroid dienone is 3. The van der Waals surface area contributed by atoms with Crippen LogP contribution in [0.25, 0.3) is 6.08 Å². The first-order chi connectivity index (χ1) is 17.1. The highest BCUT2D eigenvalue weighted by molar-refractivity contribution is 5.96. The zero-order valence-corrected chi connectivity index (χ0v) is 21.9. The van der Waals surface area contributed by atoms with Crippen molar-refractivity contribution < 1.29 is 29.0 Å². The Bertz CT molecular complexity index is 1020. The number of nitrogens with one attached hydrogen (secondary N) is 1. The molecule has 196 valence electrons. The summed E-state index contributed by atoms with van der Waals surface area (Å²) in [6, 6.07) is 3.70. The molecule has 0 unspecified atom stereocenters. The van der Waals surface area contributed by atoms with Crippen molar-refractivity contribution in [1.29, 1.82) is 0 Å². The molecule has 2 rings (SSSR count). The second-order valence-corrected chi connectivity index (χ2v) is 9.18. The molecule has 1 aliphatic rings. The molecule has 8 heteroatoms. The van der Waals surface area contributed by atoms with Crippen LogP contribution in [-0.4, -0.2) is 60.1 Å². The SMILES string of the molecule is COc1cc(/C=C/C(=O)N[C@@H](C)C(=O)N2CCC[C@H]2C(=O)O)ccc1OC/C=C(\C)CCC=C(C)C. The maximum Gasteiger partial charge on any atom is 0.326 e. The van der Waals surface area contributed by atoms with E-state index in [4.69, 9.17) is 9.47 Å². The van der Waals surface area contributed by atoms with Crippen molar-refractivity contribution in [3.8, 4) is 11.5 Å². The quantitative estimate of drug-likeness (QED) is 0.328. The molecule has 2 atom stereocenters. The van der Waals surface area contributed by atoms with Crippen molar-refractivity contribution in [3.63, 3.8) is 0 Å². The minimum Gasteiger partial charge on any atom is -0.493 e. The Balaban J connectivity index is 1.91. The van der Waals surface area contributed by atoms with Gasteiger partial charge in [0, 0.05) is 12.6 Å². The van der Waals surface area contributed by atoms with Crippen LogP contribution in [0.15, 0.2) is 47.6 Å². The molecular weight excluding hydrogens is 460 g/mol. The third-order valence-electron chi connectivity index (χ3n) is 5.93. The normalized spacial score (nSPS) is 16.5. The van der Waals surface area contributed by atoms with E-state index in [2.05, 4.69) is 38.2 Å². The van der Waals surface area contributed by atoms with Crippen molar-refractivity contribution in [3.05, 3.63) is 53.1 Å². The summed E-state index contributed by atoms with van der Waals surface area (Å²) in [7, 11) is 1.55. The number of benzene rings is 1. The van der Waals surface area contributed by atoms with E-state index in [1.165, 1.54) is 22.1 Å². The van der Waals surface area contributed by atoms with Gasteiger partial charge in [-0.2, -0.15) is 0 Å². The van der Waals surface area contributed by atoms with Gasteiger partial charge in [0.2, 0.25) is 11.8 Å². The summed E-state index contributed by atoms with van der Waals surface area (Å²) in [5.41, 5.74) is 3.30. The standard InChI is InChI=1S/C28H38N2O6/c1-19(2)8-6-9-20(3)15-17-36-24-13-11-22(18-25(24)35-5)12-14-26(31)29-21(4)27(32)30-16-7-10-23(30)28(33)34/h8,11-15,18,21,23H,6-7,9-10,16-17H2,1-5H3,(H,29,31)(H,33,34)/b14-12+,20-15+/t21-,23-/m0/s1. The van der Waals surface area contributed by atoms with E-state index in [0.717, 1.165) is 18.4 Å². The van der Waals surface area contributed by atoms with Crippen LogP contribution in [0.5, 0.6) is 11.5 Å². The summed E-state index contributed by atoms with van der Waals surface area (Å²) >= 11 is 0. The molecule has 1 aromatic rings. The van der Waals surface area contributed by atoms with E-state index < -0.39 is 29.9 Å². The first-order valence-corrected chi connectivity index (χ1v) is 12.2. The number of aliphatic carboxylic acids is 1. The molecule has 1 heterocycles. The molecular formula is C28H38N2O6. The number of carboxylic acid groups (broad SMARTS) is 1. The van der Waals surface area contributed by atoms with Crippen molar-refractivity contribution in [1.82, 2.24) is 10.2 Å². The zero-order valence-electron chi connectivity index (χ0n) is 21.9. The predicted octanol–water partition coefficient (Wildman–Crippen LogP) is 4.36. The number of hydrogen-bond donors (Lipinski definition) is 2. The van der Waals surface area contributed by atoms with Gasteiger partial charge >= 0.3 is 5.97 Å². The van der Waals surface area contributed by atoms with Crippen molar-refractivity contribution in [2.24, 2.45) is 0 Å². The van der Waals surface area contributed by atoms with Crippen LogP contribution in [0.3, 0.4) is 0 Å². The molecule has 0 bridgehead atoms. The lowest BCUT2D eigenvalue weighted by Gasteiger charge is -2.25. The van der Waals surface area contributed by atoms with Gasteiger partial charge in [-0.15, -0.1) is 0 Å². The number of hydrogen-bond acceptors (Lipinski definition) is 5. The van der Waals surface area contributed by atoms with Crippen molar-refractivity contribution >= 4 is 23.9 Å². The van der Waals surface area contributed by atoms with E-state index in [0.29, 0.717) is 37.5 Å². The molecule has 0 aromatic heterocycles. The second kappa shape index (κ2) is 14.1. The summed E-state index contributed by atoms with van der Waals surface area (Å²) in [6.45, 7) is 8.63. The maximum absolute atomic E-state index is 12.6. The lowest BCUT2D eigenvalue weighted by Crippen LogP contribution is -2.50. The maximum atomic E-state index is 12.6. The summed E-state index contributed by atoms with van der Waals surface area (Å²) in [5.74, 6) is -0.719. The van der Waals surface area contributed by atoms with Gasteiger partial charge in [-0.3, -0.25) is 9.59 Å². The van der Waals surface area contributed by atoms with E-state index in [1.54, 1.807) is 32.2 Å². The lowest BCUT2D eigenvalue weighted by molar-refractivity contribution is -0.149. The highest BCUT2D eigenvalue weighted by Gasteiger charge is 2.36. The van der Waals surface area contributed by atoms with Crippen LogP contribution in [0.2, 0.25) is 0 Å². The summed E-state index contributed by atoms with van der Waals surface area (Å²) in [6.07, 6.45) is 10.3. The van der Waals surface area contributed by atoms with Gasteiger partial charge in [-0.25, -0.2) is 4.79 Å². The van der Waals surface area contributed by atoms with Crippen LogP contribution in [-0.2, 0) is 14.4 Å². The largest absolute Gasteiger partial charge is 0.493 e. The Hall–Kier alpha value is -3.55. The molecule has 1 fully saturated rings. The highest BCUT2D eigenvalue weighted by atomic mass is 16.5. The minimum atomic E-state index is -1.02. The van der Waals surface area contributed by atoms with Crippen molar-refractivity contribution in [2.45, 2.75) is 65.5 Å². The van der Waals surface area contributed by atoms with Gasteiger partial charge in [0.25, 0.3) is 0 Å². The van der Waals surface area contributed by atoms with Crippen LogP contribution in [0, 0.1) is 0 Å². The number of rotatable bonds is 12. The Kier molecular flexibility index (Phi) is 11.2. The first-order valence-electron chi connectivity index (χ1n) is 12.2. The van der Waals surface area contributed by atoms with Gasteiger partial charge in [0.05, 0.1) is 7.11 Å². The Morgan fingerprint density at radius 3 is 2.61 bits per heavy atom. The molecule has 1 aliphatic heterocycles. The number of methoxy groups -OCH3 is 1. The number of nitrogens with zero attached hydrogens (tertiary/aromatic N) is 1. The number of likely N-dealkylation sites (tertiary alicyclic amines) is 1. The average Bonchev–Trinajstić information content (AvgIpc) is 3.33. The van der Waals surface area contributed by atoms with Crippen molar-refractivity contribution in [2.75, 3.05) is 20.3 Å². The third kappa shape index (κ3) is 8.91. The summed E-state index contributed by atoms with van der Waals surface area (Å²) in [4.78, 5) is 37.6. The lowest BCUT2D eigenvalue weighted by atomic mass is 10.1. The number of carboxylic acids is 1. The van der Waals surface area contributed by atoms with Gasteiger partial charge in [-0.1, -0.05) is 23.3 Å². The number of carbonyl (C=O) groups excluding carboxylic acids is 2. The molecule has 36 heavy (non-hydrogen) atoms. The second-order valence-electron chi connectivity index (χ2n) is 9.18. The van der Waals surface area contributed by atoms with E-state index in [-0.39, 0.29) is 0 Å². The first kappa shape index (κ1) is 28.7. The van der Waals surface area contributed by atoms with E-state index in [9.17, 15) is 19.5 Å². The Morgan fingerprint density at radius 2 is 1.94 bits per heavy atom. The highest BCUT2D eigenvalue weighted by Crippen LogP contribution is 2.28. The van der Waals surface area contributed by atoms with Crippen LogP contribution in [0.1, 0.15) is 58.9 Å². The van der Waals surface area contributed by atoms with Crippen LogP contribution in [0.4, 0.5) is 0 Å².